The minimum Gasteiger partial charge on any atom is -0.306 e. The molecule has 0 radical (unpaired) electrons. The van der Waals surface area contributed by atoms with E-state index in [0.29, 0.717) is 0 Å². The lowest BCUT2D eigenvalue weighted by atomic mass is 10.2. The lowest BCUT2D eigenvalue weighted by Crippen LogP contribution is -2.11. The summed E-state index contributed by atoms with van der Waals surface area (Å²) in [5, 5.41) is 6.59. The van der Waals surface area contributed by atoms with Gasteiger partial charge in [-0.1, -0.05) is 30.9 Å². The van der Waals surface area contributed by atoms with E-state index in [1.165, 1.54) is 10.1 Å². The first-order valence-electron chi connectivity index (χ1n) is 5.07. The summed E-state index contributed by atoms with van der Waals surface area (Å²) < 4.78 is 1.29. The first-order chi connectivity index (χ1) is 7.42. The van der Waals surface area contributed by atoms with Gasteiger partial charge in [0.05, 0.1) is 6.54 Å². The van der Waals surface area contributed by atoms with Gasteiger partial charge in [-0.05, 0) is 29.4 Å². The van der Waals surface area contributed by atoms with Crippen LogP contribution in [0.3, 0.4) is 0 Å². The molecule has 1 aromatic heterocycles. The SMILES string of the molecule is CCNCC#Cc1cccc2ccsc12. The second-order valence-corrected chi connectivity index (χ2v) is 4.14. The first kappa shape index (κ1) is 10.2. The van der Waals surface area contributed by atoms with E-state index in [0.717, 1.165) is 18.7 Å². The Labute approximate surface area is 94.1 Å². The predicted octanol–water partition coefficient (Wildman–Crippen LogP) is 2.86. The molecule has 0 unspecified atom stereocenters. The number of thiophene rings is 1. The summed E-state index contributed by atoms with van der Waals surface area (Å²) in [5.74, 6) is 6.34. The van der Waals surface area contributed by atoms with Gasteiger partial charge in [0.25, 0.3) is 0 Å². The standard InChI is InChI=1S/C13H13NS/c1-2-14-9-4-7-11-5-3-6-12-8-10-15-13(11)12/h3,5-6,8,10,14H,2,9H2,1H3. The van der Waals surface area contributed by atoms with Crippen LogP contribution in [0, 0.1) is 11.8 Å². The Morgan fingerprint density at radius 2 is 2.27 bits per heavy atom. The third-order valence-electron chi connectivity index (χ3n) is 2.17. The molecule has 0 bridgehead atoms. The molecule has 1 nitrogen and oxygen atoms in total. The highest BCUT2D eigenvalue weighted by atomic mass is 32.1. The molecule has 15 heavy (non-hydrogen) atoms. The van der Waals surface area contributed by atoms with Crippen molar-refractivity contribution in [3.8, 4) is 11.8 Å². The molecule has 1 aromatic carbocycles. The fourth-order valence-electron chi connectivity index (χ4n) is 1.42. The average Bonchev–Trinajstić information content (AvgIpc) is 2.73. The molecule has 0 aliphatic carbocycles. The van der Waals surface area contributed by atoms with E-state index in [9.17, 15) is 0 Å². The Kier molecular flexibility index (Phi) is 3.39. The van der Waals surface area contributed by atoms with Gasteiger partial charge in [0.15, 0.2) is 0 Å². The zero-order valence-corrected chi connectivity index (χ0v) is 9.53. The molecule has 0 fully saturated rings. The van der Waals surface area contributed by atoms with Crippen molar-refractivity contribution in [3.63, 3.8) is 0 Å². The number of hydrogen-bond donors (Lipinski definition) is 1. The van der Waals surface area contributed by atoms with Gasteiger partial charge in [0, 0.05) is 10.3 Å². The summed E-state index contributed by atoms with van der Waals surface area (Å²) in [6, 6.07) is 8.40. The lowest BCUT2D eigenvalue weighted by Gasteiger charge is -1.93. The minimum atomic E-state index is 0.762. The highest BCUT2D eigenvalue weighted by Gasteiger charge is 1.97. The summed E-state index contributed by atoms with van der Waals surface area (Å²) in [6.07, 6.45) is 0. The van der Waals surface area contributed by atoms with Crippen molar-refractivity contribution >= 4 is 21.4 Å². The highest BCUT2D eigenvalue weighted by Crippen LogP contribution is 2.23. The number of hydrogen-bond acceptors (Lipinski definition) is 2. The Bertz CT molecular complexity index is 502. The number of benzene rings is 1. The van der Waals surface area contributed by atoms with Gasteiger partial charge < -0.3 is 5.32 Å². The van der Waals surface area contributed by atoms with E-state index in [-0.39, 0.29) is 0 Å². The van der Waals surface area contributed by atoms with Gasteiger partial charge in [-0.15, -0.1) is 11.3 Å². The third-order valence-corrected chi connectivity index (χ3v) is 3.13. The van der Waals surface area contributed by atoms with Crippen molar-refractivity contribution in [2.45, 2.75) is 6.92 Å². The molecule has 2 rings (SSSR count). The maximum atomic E-state index is 3.21. The molecule has 2 aromatic rings. The minimum absolute atomic E-state index is 0.762. The molecule has 0 atom stereocenters. The Hall–Kier alpha value is -1.30. The van der Waals surface area contributed by atoms with Crippen LogP contribution in [0.25, 0.3) is 10.1 Å². The van der Waals surface area contributed by atoms with Gasteiger partial charge in [0.2, 0.25) is 0 Å². The Morgan fingerprint density at radius 1 is 1.33 bits per heavy atom. The number of fused-ring (bicyclic) bond motifs is 1. The van der Waals surface area contributed by atoms with Crippen LogP contribution >= 0.6 is 11.3 Å². The highest BCUT2D eigenvalue weighted by molar-refractivity contribution is 7.17. The molecule has 0 saturated carbocycles. The van der Waals surface area contributed by atoms with Crippen molar-refractivity contribution in [2.75, 3.05) is 13.1 Å². The molecule has 1 N–H and O–H groups in total. The van der Waals surface area contributed by atoms with Crippen molar-refractivity contribution in [1.29, 1.82) is 0 Å². The molecule has 76 valence electrons. The predicted molar refractivity (Wildman–Crippen MR) is 67.2 cm³/mol. The quantitative estimate of drug-likeness (QED) is 0.600. The van der Waals surface area contributed by atoms with E-state index >= 15 is 0 Å². The van der Waals surface area contributed by atoms with Crippen molar-refractivity contribution < 1.29 is 0 Å². The second-order valence-electron chi connectivity index (χ2n) is 3.23. The summed E-state index contributed by atoms with van der Waals surface area (Å²) in [5.41, 5.74) is 1.14. The molecular weight excluding hydrogens is 202 g/mol. The maximum absolute atomic E-state index is 3.21. The third kappa shape index (κ3) is 2.38. The van der Waals surface area contributed by atoms with E-state index in [1.54, 1.807) is 11.3 Å². The summed E-state index contributed by atoms with van der Waals surface area (Å²) in [6.45, 7) is 3.82. The van der Waals surface area contributed by atoms with Gasteiger partial charge in [0.1, 0.15) is 0 Å². The molecular formula is C13H13NS. The molecule has 0 aliphatic heterocycles. The summed E-state index contributed by atoms with van der Waals surface area (Å²) >= 11 is 1.75. The van der Waals surface area contributed by atoms with Crippen LogP contribution in [0.4, 0.5) is 0 Å². The fraction of sp³-hybridized carbons (Fsp3) is 0.231. The molecule has 2 heteroatoms. The van der Waals surface area contributed by atoms with E-state index < -0.39 is 0 Å². The van der Waals surface area contributed by atoms with Gasteiger partial charge in [-0.2, -0.15) is 0 Å². The number of rotatable bonds is 2. The molecule has 0 amide bonds. The van der Waals surface area contributed by atoms with Crippen molar-refractivity contribution in [2.24, 2.45) is 0 Å². The topological polar surface area (TPSA) is 12.0 Å². The van der Waals surface area contributed by atoms with Crippen LogP contribution in [0.2, 0.25) is 0 Å². The first-order valence-corrected chi connectivity index (χ1v) is 5.95. The normalized spacial score (nSPS) is 9.93. The van der Waals surface area contributed by atoms with Gasteiger partial charge >= 0.3 is 0 Å². The van der Waals surface area contributed by atoms with Crippen molar-refractivity contribution in [1.82, 2.24) is 5.32 Å². The maximum Gasteiger partial charge on any atom is 0.0580 e. The van der Waals surface area contributed by atoms with Crippen LogP contribution in [-0.4, -0.2) is 13.1 Å². The van der Waals surface area contributed by atoms with Crippen LogP contribution < -0.4 is 5.32 Å². The monoisotopic (exact) mass is 215 g/mol. The molecule has 0 spiro atoms. The molecule has 0 aliphatic rings. The van der Waals surface area contributed by atoms with Crippen LogP contribution in [0.15, 0.2) is 29.6 Å². The van der Waals surface area contributed by atoms with Crippen molar-refractivity contribution in [3.05, 3.63) is 35.2 Å². The lowest BCUT2D eigenvalue weighted by molar-refractivity contribution is 0.811. The van der Waals surface area contributed by atoms with Crippen LogP contribution in [-0.2, 0) is 0 Å². The zero-order valence-electron chi connectivity index (χ0n) is 8.71. The van der Waals surface area contributed by atoms with Crippen LogP contribution in [0.5, 0.6) is 0 Å². The Morgan fingerprint density at radius 3 is 3.13 bits per heavy atom. The average molecular weight is 215 g/mol. The summed E-state index contributed by atoms with van der Waals surface area (Å²) in [7, 11) is 0. The number of nitrogens with one attached hydrogen (secondary N) is 1. The zero-order chi connectivity index (χ0) is 10.5. The molecule has 0 saturated heterocycles. The second kappa shape index (κ2) is 4.97. The van der Waals surface area contributed by atoms with Gasteiger partial charge in [-0.3, -0.25) is 0 Å². The largest absolute Gasteiger partial charge is 0.306 e. The van der Waals surface area contributed by atoms with Gasteiger partial charge in [-0.25, -0.2) is 0 Å². The molecule has 1 heterocycles. The van der Waals surface area contributed by atoms with E-state index in [1.807, 2.05) is 0 Å². The van der Waals surface area contributed by atoms with E-state index in [4.69, 9.17) is 0 Å². The Balaban J connectivity index is 2.26. The fourth-order valence-corrected chi connectivity index (χ4v) is 2.29. The van der Waals surface area contributed by atoms with Crippen LogP contribution in [0.1, 0.15) is 12.5 Å². The summed E-state index contributed by atoms with van der Waals surface area (Å²) in [4.78, 5) is 0. The smallest absolute Gasteiger partial charge is 0.0580 e. The van der Waals surface area contributed by atoms with E-state index in [2.05, 4.69) is 53.7 Å².